The lowest BCUT2D eigenvalue weighted by Crippen LogP contribution is -2.62. The third-order valence-electron chi connectivity index (χ3n) is 13.3. The molecule has 0 saturated carbocycles. The van der Waals surface area contributed by atoms with Crippen molar-refractivity contribution in [1.29, 1.82) is 0 Å². The molecule has 84 heavy (non-hydrogen) atoms. The average molecular weight is 1190 g/mol. The zero-order valence-electron chi connectivity index (χ0n) is 49.0. The van der Waals surface area contributed by atoms with Gasteiger partial charge in [0, 0.05) is 19.4 Å². The summed E-state index contributed by atoms with van der Waals surface area (Å²) >= 11 is 0. The molecule has 9 amide bonds. The van der Waals surface area contributed by atoms with E-state index < -0.39 is 157 Å². The molecule has 10 atom stereocenters. The van der Waals surface area contributed by atoms with E-state index in [2.05, 4.69) is 52.8 Å². The summed E-state index contributed by atoms with van der Waals surface area (Å²) in [6, 6.07) is -5.43. The van der Waals surface area contributed by atoms with Crippen molar-refractivity contribution in [2.24, 2.45) is 51.2 Å². The first-order chi connectivity index (χ1) is 39.7. The Bertz CT molecular complexity index is 2310. The van der Waals surface area contributed by atoms with Crippen LogP contribution in [-0.2, 0) is 59.2 Å². The Morgan fingerprint density at radius 1 is 0.464 bits per heavy atom. The summed E-state index contributed by atoms with van der Waals surface area (Å²) in [6.45, 7) is 7.61. The van der Waals surface area contributed by atoms with Gasteiger partial charge in [0.1, 0.15) is 54.4 Å². The van der Waals surface area contributed by atoms with E-state index in [1.165, 1.54) is 6.92 Å². The normalized spacial score (nSPS) is 14.7. The van der Waals surface area contributed by atoms with Crippen molar-refractivity contribution in [3.8, 4) is 0 Å². The van der Waals surface area contributed by atoms with Gasteiger partial charge < -0.3 is 97.6 Å². The van der Waals surface area contributed by atoms with E-state index in [1.54, 1.807) is 58.0 Å². The van der Waals surface area contributed by atoms with Crippen molar-refractivity contribution >= 4 is 71.1 Å². The number of carbonyl (C=O) groups is 11. The maximum Gasteiger partial charge on any atom is 0.326 e. The first-order valence-electron chi connectivity index (χ1n) is 28.4. The molecule has 0 bridgehead atoms. The van der Waals surface area contributed by atoms with Crippen LogP contribution in [0.4, 0.5) is 0 Å². The third-order valence-corrected chi connectivity index (χ3v) is 13.3. The van der Waals surface area contributed by atoms with Gasteiger partial charge in [-0.15, -0.1) is 0 Å². The molecule has 30 nitrogen and oxygen atoms in total. The fourth-order valence-electron chi connectivity index (χ4n) is 8.31. The Kier molecular flexibility index (Phi) is 36.0. The number of benzene rings is 1. The van der Waals surface area contributed by atoms with Crippen molar-refractivity contribution < 1.29 is 68.1 Å². The summed E-state index contributed by atoms with van der Waals surface area (Å²) in [5, 5.41) is 52.4. The summed E-state index contributed by atoms with van der Waals surface area (Å²) in [5.74, 6) is -12.1. The summed E-state index contributed by atoms with van der Waals surface area (Å²) in [6.07, 6.45) is 1.81. The van der Waals surface area contributed by atoms with Crippen LogP contribution >= 0.6 is 0 Å². The van der Waals surface area contributed by atoms with E-state index in [4.69, 9.17) is 34.4 Å². The van der Waals surface area contributed by atoms with Crippen molar-refractivity contribution in [3.63, 3.8) is 0 Å². The zero-order valence-corrected chi connectivity index (χ0v) is 49.0. The summed E-state index contributed by atoms with van der Waals surface area (Å²) < 4.78 is 0. The highest BCUT2D eigenvalue weighted by Crippen LogP contribution is 2.12. The van der Waals surface area contributed by atoms with Crippen molar-refractivity contribution in [1.82, 2.24) is 47.9 Å². The third kappa shape index (κ3) is 29.1. The van der Waals surface area contributed by atoms with Crippen LogP contribution in [0.3, 0.4) is 0 Å². The standard InChI is InChI=1S/C54H94N16O14/c1-30(2)42(69-48(78)35(19-10-13-25-56)64-46(76)37(21-15-27-61-54(59)60)63-44(74)32(5)62-45(75)34(58)18-9-12-24-55)52(82)67-39(28-33-16-7-6-8-17-33)50(80)68-40(29-71)51(81)66-38(22-23-41(72)73)47(77)65-36(20-11-14-26-57)49(79)70-43(31(3)4)53(83)84/h6-8,16-17,30-32,34-40,42-43,71H,9-15,18-29,55-58H2,1-5H3,(H,62,75)(H,63,74)(H,64,76)(H,65,77)(H,66,81)(H,67,82)(H,68,80)(H,69,78)(H,70,79)(H,72,73)(H,83,84)(H4,59,60,61)/t32-,34-,35-,36-,37-,38-,39-,40-,42-,43-/m0/s1. The first kappa shape index (κ1) is 74.5. The highest BCUT2D eigenvalue weighted by Gasteiger charge is 2.36. The number of nitrogens with one attached hydrogen (secondary N) is 9. The number of carboxylic acid groups (broad SMARTS) is 2. The van der Waals surface area contributed by atoms with E-state index in [-0.39, 0.29) is 57.7 Å². The van der Waals surface area contributed by atoms with Gasteiger partial charge >= 0.3 is 11.9 Å². The minimum Gasteiger partial charge on any atom is -0.481 e. The van der Waals surface area contributed by atoms with E-state index >= 15 is 0 Å². The van der Waals surface area contributed by atoms with Gasteiger partial charge in [-0.3, -0.25) is 52.9 Å². The Morgan fingerprint density at radius 3 is 1.32 bits per heavy atom. The van der Waals surface area contributed by atoms with Gasteiger partial charge in [0.2, 0.25) is 53.2 Å². The molecule has 0 unspecified atom stereocenters. The van der Waals surface area contributed by atoms with Crippen LogP contribution in [0.2, 0.25) is 0 Å². The number of hydrogen-bond acceptors (Lipinski definition) is 17. The van der Waals surface area contributed by atoms with Crippen molar-refractivity contribution in [3.05, 3.63) is 35.9 Å². The first-order valence-corrected chi connectivity index (χ1v) is 28.4. The fourth-order valence-corrected chi connectivity index (χ4v) is 8.31. The zero-order chi connectivity index (χ0) is 63.5. The van der Waals surface area contributed by atoms with Crippen LogP contribution in [0.25, 0.3) is 0 Å². The number of hydrogen-bond donors (Lipinski definition) is 18. The molecular formula is C54H94N16O14. The smallest absolute Gasteiger partial charge is 0.326 e. The molecule has 0 aliphatic carbocycles. The van der Waals surface area contributed by atoms with Crippen LogP contribution in [0.15, 0.2) is 35.3 Å². The predicted molar refractivity (Wildman–Crippen MR) is 311 cm³/mol. The molecule has 0 aliphatic rings. The molecule has 1 aromatic carbocycles. The Morgan fingerprint density at radius 2 is 0.869 bits per heavy atom. The van der Waals surface area contributed by atoms with Gasteiger partial charge in [-0.25, -0.2) is 4.79 Å². The Balaban J connectivity index is 3.54. The molecule has 474 valence electrons. The van der Waals surface area contributed by atoms with Gasteiger partial charge in [0.05, 0.1) is 12.6 Å². The van der Waals surface area contributed by atoms with Crippen molar-refractivity contribution in [2.45, 2.75) is 185 Å². The second-order valence-electron chi connectivity index (χ2n) is 21.1. The van der Waals surface area contributed by atoms with Crippen LogP contribution in [-0.4, -0.2) is 180 Å². The Hall–Kier alpha value is -7.54. The van der Waals surface area contributed by atoms with Gasteiger partial charge in [-0.05, 0) is 115 Å². The Labute approximate surface area is 490 Å². The van der Waals surface area contributed by atoms with E-state index in [0.717, 1.165) is 0 Å². The number of nitrogens with two attached hydrogens (primary N) is 6. The maximum atomic E-state index is 14.4. The molecule has 0 fully saturated rings. The van der Waals surface area contributed by atoms with E-state index in [1.807, 2.05) is 0 Å². The molecule has 0 radical (unpaired) electrons. The van der Waals surface area contributed by atoms with Gasteiger partial charge in [0.15, 0.2) is 5.96 Å². The number of guanidine groups is 1. The lowest BCUT2D eigenvalue weighted by atomic mass is 9.99. The van der Waals surface area contributed by atoms with Crippen LogP contribution in [0, 0.1) is 11.8 Å². The summed E-state index contributed by atoms with van der Waals surface area (Å²) in [5.41, 5.74) is 34.4. The number of unbranched alkanes of at least 4 members (excludes halogenated alkanes) is 3. The number of nitrogens with zero attached hydrogens (tertiary/aromatic N) is 1. The topological polar surface area (TPSA) is 525 Å². The number of amides is 9. The number of aliphatic hydroxyl groups excluding tert-OH is 1. The van der Waals surface area contributed by atoms with Crippen LogP contribution in [0.1, 0.15) is 124 Å². The lowest BCUT2D eigenvalue weighted by Gasteiger charge is -2.29. The highest BCUT2D eigenvalue weighted by molar-refractivity contribution is 5.98. The minimum absolute atomic E-state index is 0.0156. The van der Waals surface area contributed by atoms with Gasteiger partial charge in [-0.1, -0.05) is 64.4 Å². The van der Waals surface area contributed by atoms with Gasteiger partial charge in [0.25, 0.3) is 0 Å². The molecule has 24 N–H and O–H groups in total. The molecule has 0 spiro atoms. The number of aliphatic carboxylic acids is 2. The second kappa shape index (κ2) is 40.6. The minimum atomic E-state index is -1.82. The maximum absolute atomic E-state index is 14.4. The van der Waals surface area contributed by atoms with Crippen LogP contribution in [0.5, 0.6) is 0 Å². The molecule has 0 aromatic heterocycles. The number of carboxylic acids is 2. The molecule has 30 heteroatoms. The number of aliphatic imine (C=N–C) groups is 1. The van der Waals surface area contributed by atoms with Gasteiger partial charge in [-0.2, -0.15) is 0 Å². The van der Waals surface area contributed by atoms with E-state index in [0.29, 0.717) is 57.1 Å². The average Bonchev–Trinajstić information content (AvgIpc) is 3.63. The largest absolute Gasteiger partial charge is 0.481 e. The van der Waals surface area contributed by atoms with E-state index in [9.17, 15) is 68.1 Å². The summed E-state index contributed by atoms with van der Waals surface area (Å²) in [4.78, 5) is 152. The number of aliphatic hydroxyl groups is 1. The molecule has 0 aliphatic heterocycles. The second-order valence-corrected chi connectivity index (χ2v) is 21.1. The molecule has 0 heterocycles. The fraction of sp³-hybridized carbons (Fsp3) is 0.667. The molecule has 1 aromatic rings. The SMILES string of the molecule is CC(C)[C@H](NC(=O)[C@H](CCCCN)NC(=O)[C@H](CCC(=O)O)NC(=O)[C@H](CO)NC(=O)[C@H](Cc1ccccc1)NC(=O)[C@@H](NC(=O)[C@H](CCCCN)NC(=O)[C@H](CCCN=C(N)N)NC(=O)[C@H](C)NC(=O)[C@@H](N)CCCCN)C(C)C)C(=O)O. The number of rotatable bonds is 43. The molecular weight excluding hydrogens is 1100 g/mol. The van der Waals surface area contributed by atoms with Crippen LogP contribution < -0.4 is 82.3 Å². The predicted octanol–water partition coefficient (Wildman–Crippen LogP) is -4.37. The molecule has 1 rings (SSSR count). The quantitative estimate of drug-likeness (QED) is 0.0167. The molecule has 0 saturated heterocycles. The van der Waals surface area contributed by atoms with Crippen molar-refractivity contribution in [2.75, 3.05) is 32.8 Å². The lowest BCUT2D eigenvalue weighted by molar-refractivity contribution is -0.143. The monoisotopic (exact) mass is 1190 g/mol. The summed E-state index contributed by atoms with van der Waals surface area (Å²) in [7, 11) is 0. The highest BCUT2D eigenvalue weighted by atomic mass is 16.4. The number of carbonyl (C=O) groups excluding carboxylic acids is 9.